The third-order valence-electron chi connectivity index (χ3n) is 3.67. The summed E-state index contributed by atoms with van der Waals surface area (Å²) < 4.78 is 1.50. The van der Waals surface area contributed by atoms with Crippen LogP contribution in [0.1, 0.15) is 11.4 Å². The van der Waals surface area contributed by atoms with Crippen LogP contribution in [0.3, 0.4) is 0 Å². The summed E-state index contributed by atoms with van der Waals surface area (Å²) in [6.07, 6.45) is 0. The fourth-order valence-electron chi connectivity index (χ4n) is 2.73. The number of hydrogen-bond acceptors (Lipinski definition) is 4. The van der Waals surface area contributed by atoms with Crippen LogP contribution in [0.4, 0.5) is 4.79 Å². The van der Waals surface area contributed by atoms with Crippen LogP contribution in [0, 0.1) is 0 Å². The van der Waals surface area contributed by atoms with Gasteiger partial charge in [-0.3, -0.25) is 9.36 Å². The summed E-state index contributed by atoms with van der Waals surface area (Å²) in [6, 6.07) is 13.6. The lowest BCUT2D eigenvalue weighted by atomic mass is 10.1. The van der Waals surface area contributed by atoms with Crippen molar-refractivity contribution in [2.75, 3.05) is 0 Å². The zero-order valence-electron chi connectivity index (χ0n) is 11.9. The lowest BCUT2D eigenvalue weighted by Crippen LogP contribution is -2.27. The van der Waals surface area contributed by atoms with E-state index in [1.165, 1.54) is 4.57 Å². The Balaban J connectivity index is 2.10. The third-order valence-corrected chi connectivity index (χ3v) is 3.67. The molecule has 3 aromatic rings. The minimum Gasteiger partial charge on any atom is -0.350 e. The first-order chi connectivity index (χ1) is 11.2. The molecule has 1 aromatic heterocycles. The Kier molecular flexibility index (Phi) is 2.74. The van der Waals surface area contributed by atoms with Gasteiger partial charge in [0.25, 0.3) is 5.56 Å². The van der Waals surface area contributed by atoms with Gasteiger partial charge >= 0.3 is 6.03 Å². The highest BCUT2D eigenvalue weighted by Gasteiger charge is 2.28. The van der Waals surface area contributed by atoms with Gasteiger partial charge < -0.3 is 5.73 Å². The summed E-state index contributed by atoms with van der Waals surface area (Å²) in [5, 5.41) is 4.55. The van der Waals surface area contributed by atoms with Crippen LogP contribution in [-0.4, -0.2) is 21.3 Å². The highest BCUT2D eigenvalue weighted by atomic mass is 16.2. The fraction of sp³-hybridized carbons (Fsp3) is 0. The number of rotatable bonds is 1. The van der Waals surface area contributed by atoms with Crippen LogP contribution in [0.2, 0.25) is 0 Å². The van der Waals surface area contributed by atoms with E-state index in [2.05, 4.69) is 15.5 Å². The Morgan fingerprint density at radius 1 is 1.13 bits per heavy atom. The Morgan fingerprint density at radius 3 is 2.70 bits per heavy atom. The monoisotopic (exact) mass is 305 g/mol. The molecule has 0 atom stereocenters. The van der Waals surface area contributed by atoms with E-state index in [0.717, 1.165) is 0 Å². The van der Waals surface area contributed by atoms with Crippen LogP contribution < -0.4 is 16.7 Å². The summed E-state index contributed by atoms with van der Waals surface area (Å²) in [5.74, 6) is 0.378. The van der Waals surface area contributed by atoms with Gasteiger partial charge in [-0.2, -0.15) is 5.10 Å². The Morgan fingerprint density at radius 2 is 1.87 bits per heavy atom. The lowest BCUT2D eigenvalue weighted by molar-refractivity contribution is 0.249. The number of benzene rings is 2. The van der Waals surface area contributed by atoms with Crippen molar-refractivity contribution in [2.45, 2.75) is 0 Å². The molecule has 0 spiro atoms. The van der Waals surface area contributed by atoms with E-state index in [9.17, 15) is 9.59 Å². The van der Waals surface area contributed by atoms with E-state index in [1.807, 2.05) is 30.3 Å². The van der Waals surface area contributed by atoms with E-state index in [-0.39, 0.29) is 5.56 Å². The lowest BCUT2D eigenvalue weighted by Gasteiger charge is -2.05. The molecule has 23 heavy (non-hydrogen) atoms. The zero-order chi connectivity index (χ0) is 16.0. The quantitative estimate of drug-likeness (QED) is 0.515. The van der Waals surface area contributed by atoms with Crippen LogP contribution in [0.5, 0.6) is 0 Å². The molecule has 0 saturated carbocycles. The van der Waals surface area contributed by atoms with Gasteiger partial charge in [-0.15, -0.1) is 0 Å². The first-order valence-electron chi connectivity index (χ1n) is 6.92. The second-order valence-corrected chi connectivity index (χ2v) is 5.05. The molecule has 0 unspecified atom stereocenters. The predicted molar refractivity (Wildman–Crippen MR) is 85.7 cm³/mol. The molecule has 1 aliphatic rings. The molecule has 7 nitrogen and oxygen atoms in total. The summed E-state index contributed by atoms with van der Waals surface area (Å²) in [4.78, 5) is 28.3. The second kappa shape index (κ2) is 4.77. The normalized spacial score (nSPS) is 13.8. The van der Waals surface area contributed by atoms with E-state index in [0.29, 0.717) is 33.7 Å². The van der Waals surface area contributed by atoms with Crippen molar-refractivity contribution in [3.05, 3.63) is 70.3 Å². The maximum atomic E-state index is 12.8. The fourth-order valence-corrected chi connectivity index (χ4v) is 2.73. The van der Waals surface area contributed by atoms with Gasteiger partial charge in [0.1, 0.15) is 5.71 Å². The van der Waals surface area contributed by atoms with Gasteiger partial charge in [-0.1, -0.05) is 30.3 Å². The first-order valence-corrected chi connectivity index (χ1v) is 6.92. The van der Waals surface area contributed by atoms with Crippen LogP contribution >= 0.6 is 0 Å². The number of hydrazone groups is 1. The molecule has 2 aromatic carbocycles. The topological polar surface area (TPSA) is 102 Å². The number of hydrogen-bond donors (Lipinski definition) is 2. The number of carbonyl (C=O) groups is 1. The number of carbonyl (C=O) groups excluding carboxylic acids is 1. The molecule has 112 valence electrons. The molecular formula is C16H11N5O2. The number of urea groups is 1. The summed E-state index contributed by atoms with van der Waals surface area (Å²) in [7, 11) is 0. The van der Waals surface area contributed by atoms with Crippen LogP contribution in [0.25, 0.3) is 16.6 Å². The Labute approximate surface area is 130 Å². The number of nitrogens with zero attached hydrogens (tertiary/aromatic N) is 3. The van der Waals surface area contributed by atoms with Crippen molar-refractivity contribution >= 4 is 22.6 Å². The number of primary amides is 1. The van der Waals surface area contributed by atoms with E-state index >= 15 is 0 Å². The third kappa shape index (κ3) is 1.90. The maximum Gasteiger partial charge on any atom is 0.332 e. The van der Waals surface area contributed by atoms with Crippen LogP contribution in [0.15, 0.2) is 58.4 Å². The molecule has 1 aliphatic heterocycles. The average Bonchev–Trinajstić information content (AvgIpc) is 2.87. The van der Waals surface area contributed by atoms with Gasteiger partial charge in [0.05, 0.1) is 16.6 Å². The summed E-state index contributed by atoms with van der Waals surface area (Å²) in [6.45, 7) is 0. The second-order valence-electron chi connectivity index (χ2n) is 5.05. The number of para-hydroxylation sites is 2. The summed E-state index contributed by atoms with van der Waals surface area (Å²) in [5.41, 5.74) is 9.48. The van der Waals surface area contributed by atoms with Gasteiger partial charge in [0, 0.05) is 5.56 Å². The van der Waals surface area contributed by atoms with Crippen molar-refractivity contribution < 1.29 is 4.79 Å². The highest BCUT2D eigenvalue weighted by Crippen LogP contribution is 2.26. The Bertz CT molecular complexity index is 1050. The molecule has 4 rings (SSSR count). The minimum atomic E-state index is -0.781. The van der Waals surface area contributed by atoms with Gasteiger partial charge in [0.2, 0.25) is 0 Å². The molecule has 0 fully saturated rings. The van der Waals surface area contributed by atoms with Gasteiger partial charge in [-0.05, 0) is 18.2 Å². The number of nitrogens with one attached hydrogen (secondary N) is 1. The largest absolute Gasteiger partial charge is 0.350 e. The van der Waals surface area contributed by atoms with Gasteiger partial charge in [0.15, 0.2) is 5.82 Å². The smallest absolute Gasteiger partial charge is 0.332 e. The molecule has 0 bridgehead atoms. The van der Waals surface area contributed by atoms with E-state index < -0.39 is 6.03 Å². The van der Waals surface area contributed by atoms with Crippen molar-refractivity contribution in [3.8, 4) is 5.69 Å². The predicted octanol–water partition coefficient (Wildman–Crippen LogP) is 1.12. The molecule has 3 N–H and O–H groups in total. The first kappa shape index (κ1) is 13.2. The zero-order valence-corrected chi connectivity index (χ0v) is 11.9. The summed E-state index contributed by atoms with van der Waals surface area (Å²) >= 11 is 0. The van der Waals surface area contributed by atoms with E-state index in [4.69, 9.17) is 5.73 Å². The van der Waals surface area contributed by atoms with Crippen LogP contribution in [-0.2, 0) is 0 Å². The van der Waals surface area contributed by atoms with Crippen molar-refractivity contribution in [1.82, 2.24) is 15.0 Å². The molecule has 0 radical (unpaired) electrons. The maximum absolute atomic E-state index is 12.8. The Hall–Kier alpha value is -3.48. The average molecular weight is 305 g/mol. The molecule has 2 heterocycles. The number of amides is 2. The molecule has 7 heteroatoms. The molecule has 2 amide bonds. The van der Waals surface area contributed by atoms with Gasteiger partial charge in [-0.25, -0.2) is 15.2 Å². The van der Waals surface area contributed by atoms with E-state index in [1.54, 1.807) is 18.2 Å². The van der Waals surface area contributed by atoms with Crippen molar-refractivity contribution in [3.63, 3.8) is 0 Å². The van der Waals surface area contributed by atoms with Crippen molar-refractivity contribution in [1.29, 1.82) is 0 Å². The molecule has 0 aliphatic carbocycles. The van der Waals surface area contributed by atoms with Crippen molar-refractivity contribution in [2.24, 2.45) is 10.8 Å². The SMILES string of the molecule is NC(=O)N/N=C1/c2ccccc2-n2c1nc1ccccc1c2=O. The standard InChI is InChI=1S/C16H11N5O2/c17-16(23)20-19-13-10-6-2-4-8-12(10)21-14(13)18-11-7-3-1-5-9(11)15(21)22/h1-8H,(H3,17,20,23)/b19-13-. The minimum absolute atomic E-state index is 0.178. The highest BCUT2D eigenvalue weighted by molar-refractivity contribution is 6.17. The number of aromatic nitrogens is 2. The number of nitrogens with two attached hydrogens (primary N) is 1. The molecular weight excluding hydrogens is 294 g/mol. The molecule has 0 saturated heterocycles. The number of fused-ring (bicyclic) bond motifs is 4.